The van der Waals surface area contributed by atoms with Gasteiger partial charge in [-0.3, -0.25) is 4.57 Å². The van der Waals surface area contributed by atoms with Gasteiger partial charge in [0.25, 0.3) is 0 Å². The van der Waals surface area contributed by atoms with Gasteiger partial charge < -0.3 is 5.11 Å². The highest BCUT2D eigenvalue weighted by Gasteiger charge is 2.35. The second kappa shape index (κ2) is 8.92. The molecule has 0 spiro atoms. The fourth-order valence-electron chi connectivity index (χ4n) is 3.67. The first-order valence-electron chi connectivity index (χ1n) is 10.4. The number of benzene rings is 3. The number of thioether (sulfide) groups is 1. The molecule has 1 heterocycles. The summed E-state index contributed by atoms with van der Waals surface area (Å²) in [5.74, 6) is -0.564. The van der Waals surface area contributed by atoms with Crippen LogP contribution in [0.15, 0.2) is 77.8 Å². The third-order valence-electron chi connectivity index (χ3n) is 5.42. The second-order valence-corrected chi connectivity index (χ2v) is 9.20. The van der Waals surface area contributed by atoms with Gasteiger partial charge in [0.2, 0.25) is 0 Å². The molecule has 3 aromatic carbocycles. The zero-order chi connectivity index (χ0) is 24.7. The first-order chi connectivity index (χ1) is 16.0. The molecule has 3 nitrogen and oxygen atoms in total. The first kappa shape index (κ1) is 24.0. The van der Waals surface area contributed by atoms with E-state index in [2.05, 4.69) is 4.98 Å². The van der Waals surface area contributed by atoms with Crippen molar-refractivity contribution in [3.05, 3.63) is 90.0 Å². The van der Waals surface area contributed by atoms with Crippen LogP contribution in [0.5, 0.6) is 0 Å². The summed E-state index contributed by atoms with van der Waals surface area (Å²) < 4.78 is 57.8. The maximum Gasteiger partial charge on any atom is 0.417 e. The minimum absolute atomic E-state index is 0.0402. The van der Waals surface area contributed by atoms with Crippen LogP contribution in [0, 0.1) is 5.82 Å². The number of hydrogen-bond donors (Lipinski definition) is 1. The second-order valence-electron chi connectivity index (χ2n) is 8.32. The Labute approximate surface area is 199 Å². The van der Waals surface area contributed by atoms with Crippen LogP contribution in [0.4, 0.5) is 17.6 Å². The molecule has 0 unspecified atom stereocenters. The summed E-state index contributed by atoms with van der Waals surface area (Å²) in [6.45, 7) is 2.98. The Morgan fingerprint density at radius 2 is 1.65 bits per heavy atom. The van der Waals surface area contributed by atoms with Crippen LogP contribution in [0.2, 0.25) is 0 Å². The number of aliphatic hydroxyl groups is 1. The summed E-state index contributed by atoms with van der Waals surface area (Å²) in [7, 11) is 0. The van der Waals surface area contributed by atoms with Gasteiger partial charge in [0.15, 0.2) is 0 Å². The molecule has 0 amide bonds. The van der Waals surface area contributed by atoms with Gasteiger partial charge in [0.1, 0.15) is 17.2 Å². The van der Waals surface area contributed by atoms with Crippen LogP contribution in [0.1, 0.15) is 25.1 Å². The Bertz CT molecular complexity index is 1340. The Kier molecular flexibility index (Phi) is 6.31. The molecule has 0 saturated carbocycles. The van der Waals surface area contributed by atoms with E-state index in [-0.39, 0.29) is 22.8 Å². The number of aromatic nitrogens is 2. The molecule has 176 valence electrons. The van der Waals surface area contributed by atoms with E-state index >= 15 is 4.39 Å². The molecule has 4 aromatic rings. The molecule has 4 rings (SSSR count). The van der Waals surface area contributed by atoms with Crippen molar-refractivity contribution in [2.45, 2.75) is 30.5 Å². The normalized spacial score (nSPS) is 12.2. The lowest BCUT2D eigenvalue weighted by Gasteiger charge is -2.15. The van der Waals surface area contributed by atoms with E-state index < -0.39 is 23.2 Å². The zero-order valence-electron chi connectivity index (χ0n) is 18.7. The van der Waals surface area contributed by atoms with Gasteiger partial charge in [-0.1, -0.05) is 30.3 Å². The third kappa shape index (κ3) is 4.74. The minimum atomic E-state index is -4.61. The van der Waals surface area contributed by atoms with E-state index in [1.807, 2.05) is 24.5 Å². The van der Waals surface area contributed by atoms with Crippen molar-refractivity contribution in [1.82, 2.24) is 9.55 Å². The van der Waals surface area contributed by atoms with Crippen molar-refractivity contribution in [3.8, 4) is 28.2 Å². The molecule has 0 aliphatic carbocycles. The number of imidazole rings is 1. The van der Waals surface area contributed by atoms with E-state index in [9.17, 15) is 18.3 Å². The van der Waals surface area contributed by atoms with Crippen LogP contribution in [-0.2, 0) is 11.8 Å². The first-order valence-corrected chi connectivity index (χ1v) is 11.6. The van der Waals surface area contributed by atoms with Gasteiger partial charge in [0.05, 0.1) is 16.9 Å². The molecule has 1 N–H and O–H groups in total. The number of alkyl halides is 3. The Balaban J connectivity index is 1.89. The summed E-state index contributed by atoms with van der Waals surface area (Å²) in [6, 6.07) is 17.0. The van der Waals surface area contributed by atoms with Crippen LogP contribution in [-0.4, -0.2) is 20.9 Å². The SMILES string of the molecule is CSc1cccc(-c2ccc(-n3cc(C(C)(C)O)nc3-c3ccccc3C(F)(F)F)cc2F)c1. The third-order valence-corrected chi connectivity index (χ3v) is 6.14. The van der Waals surface area contributed by atoms with Crippen molar-refractivity contribution < 1.29 is 22.7 Å². The number of rotatable bonds is 5. The molecule has 1 aromatic heterocycles. The van der Waals surface area contributed by atoms with Gasteiger partial charge in [-0.05, 0) is 62.1 Å². The smallest absolute Gasteiger partial charge is 0.384 e. The summed E-state index contributed by atoms with van der Waals surface area (Å²) in [5.41, 5.74) is -0.920. The number of halogens is 4. The van der Waals surface area contributed by atoms with Crippen molar-refractivity contribution in [3.63, 3.8) is 0 Å². The zero-order valence-corrected chi connectivity index (χ0v) is 19.5. The van der Waals surface area contributed by atoms with E-state index in [1.54, 1.807) is 30.0 Å². The molecule has 34 heavy (non-hydrogen) atoms. The molecule has 8 heteroatoms. The molecule has 0 saturated heterocycles. The lowest BCUT2D eigenvalue weighted by Crippen LogP contribution is -2.15. The van der Waals surface area contributed by atoms with Crippen molar-refractivity contribution in [1.29, 1.82) is 0 Å². The maximum atomic E-state index is 15.2. The lowest BCUT2D eigenvalue weighted by atomic mass is 10.0. The van der Waals surface area contributed by atoms with Crippen LogP contribution in [0.25, 0.3) is 28.2 Å². The summed E-state index contributed by atoms with van der Waals surface area (Å²) in [6.07, 6.45) is -1.25. The van der Waals surface area contributed by atoms with Crippen LogP contribution in [0.3, 0.4) is 0 Å². The predicted molar refractivity (Wildman–Crippen MR) is 126 cm³/mol. The Morgan fingerprint density at radius 1 is 0.912 bits per heavy atom. The fraction of sp³-hybridized carbons (Fsp3) is 0.192. The average molecular weight is 487 g/mol. The summed E-state index contributed by atoms with van der Waals surface area (Å²) >= 11 is 1.54. The fourth-order valence-corrected chi connectivity index (χ4v) is 4.13. The van der Waals surface area contributed by atoms with Gasteiger partial charge in [-0.25, -0.2) is 9.37 Å². The molecule has 0 aliphatic rings. The van der Waals surface area contributed by atoms with Crippen LogP contribution < -0.4 is 0 Å². The standard InChI is InChI=1S/C26H22F4N2OS/c1-25(2,33)23-15-32(24(31-23)20-9-4-5-10-21(20)26(28,29)30)17-11-12-19(22(27)14-17)16-7-6-8-18(13-16)34-3/h4-15,33H,1-3H3. The minimum Gasteiger partial charge on any atom is -0.384 e. The van der Waals surface area contributed by atoms with Crippen molar-refractivity contribution in [2.75, 3.05) is 6.26 Å². The van der Waals surface area contributed by atoms with Crippen molar-refractivity contribution in [2.24, 2.45) is 0 Å². The highest BCUT2D eigenvalue weighted by Crippen LogP contribution is 2.38. The largest absolute Gasteiger partial charge is 0.417 e. The van der Waals surface area contributed by atoms with E-state index in [4.69, 9.17) is 0 Å². The Hall–Kier alpha value is -3.10. The Morgan fingerprint density at radius 3 is 2.29 bits per heavy atom. The maximum absolute atomic E-state index is 15.2. The van der Waals surface area contributed by atoms with Crippen molar-refractivity contribution >= 4 is 11.8 Å². The van der Waals surface area contributed by atoms with Gasteiger partial charge in [-0.15, -0.1) is 11.8 Å². The quantitative estimate of drug-likeness (QED) is 0.237. The summed E-state index contributed by atoms with van der Waals surface area (Å²) in [5, 5.41) is 10.5. The molecule has 0 radical (unpaired) electrons. The molecule has 0 fully saturated rings. The van der Waals surface area contributed by atoms with Gasteiger partial charge in [-0.2, -0.15) is 13.2 Å². The van der Waals surface area contributed by atoms with E-state index in [0.29, 0.717) is 11.1 Å². The van der Waals surface area contributed by atoms with E-state index in [0.717, 1.165) is 11.0 Å². The highest BCUT2D eigenvalue weighted by atomic mass is 32.2. The highest BCUT2D eigenvalue weighted by molar-refractivity contribution is 7.98. The molecular formula is C26H22F4N2OS. The van der Waals surface area contributed by atoms with Crippen LogP contribution >= 0.6 is 11.8 Å². The molecular weight excluding hydrogens is 464 g/mol. The van der Waals surface area contributed by atoms with Gasteiger partial charge >= 0.3 is 6.18 Å². The van der Waals surface area contributed by atoms with E-state index in [1.165, 1.54) is 48.9 Å². The predicted octanol–water partition coefficient (Wildman–Crippen LogP) is 7.31. The number of hydrogen-bond acceptors (Lipinski definition) is 3. The monoisotopic (exact) mass is 486 g/mol. The molecule has 0 atom stereocenters. The average Bonchev–Trinajstić information content (AvgIpc) is 3.24. The lowest BCUT2D eigenvalue weighted by molar-refractivity contribution is -0.137. The molecule has 0 bridgehead atoms. The topological polar surface area (TPSA) is 38.0 Å². The summed E-state index contributed by atoms with van der Waals surface area (Å²) in [4.78, 5) is 5.31. The van der Waals surface area contributed by atoms with Gasteiger partial charge in [0, 0.05) is 22.2 Å². The molecule has 0 aliphatic heterocycles. The number of nitrogens with zero attached hydrogens (tertiary/aromatic N) is 2.